The van der Waals surface area contributed by atoms with Crippen molar-refractivity contribution in [1.29, 1.82) is 0 Å². The van der Waals surface area contributed by atoms with Gasteiger partial charge < -0.3 is 14.5 Å². The molecule has 106 valence electrons. The van der Waals surface area contributed by atoms with Crippen molar-refractivity contribution in [2.45, 2.75) is 39.2 Å². The minimum absolute atomic E-state index is 0.113. The van der Waals surface area contributed by atoms with Gasteiger partial charge in [-0.3, -0.25) is 9.59 Å². The summed E-state index contributed by atoms with van der Waals surface area (Å²) >= 11 is 3.19. The molecule has 0 aliphatic heterocycles. The van der Waals surface area contributed by atoms with Gasteiger partial charge in [0.25, 0.3) is 0 Å². The van der Waals surface area contributed by atoms with E-state index in [1.165, 1.54) is 0 Å². The third kappa shape index (κ3) is 7.00. The molecule has 0 aliphatic rings. The predicted molar refractivity (Wildman–Crippen MR) is 73.6 cm³/mol. The number of hydrogen-bond donors (Lipinski definition) is 1. The van der Waals surface area contributed by atoms with E-state index < -0.39 is 11.6 Å². The number of ether oxygens (including phenoxy) is 1. The van der Waals surface area contributed by atoms with Crippen LogP contribution in [0, 0.1) is 0 Å². The van der Waals surface area contributed by atoms with Crippen LogP contribution in [-0.2, 0) is 20.7 Å². The van der Waals surface area contributed by atoms with Gasteiger partial charge in [0.1, 0.15) is 17.9 Å². The van der Waals surface area contributed by atoms with Crippen molar-refractivity contribution in [1.82, 2.24) is 5.32 Å². The van der Waals surface area contributed by atoms with Crippen LogP contribution < -0.4 is 5.32 Å². The number of furan rings is 1. The molecule has 5 nitrogen and oxygen atoms in total. The van der Waals surface area contributed by atoms with Crippen LogP contribution in [0.2, 0.25) is 0 Å². The van der Waals surface area contributed by atoms with Gasteiger partial charge in [0.05, 0.1) is 0 Å². The Bertz CT molecular complexity index is 448. The Morgan fingerprint density at radius 2 is 2.05 bits per heavy atom. The Morgan fingerprint density at radius 3 is 2.58 bits per heavy atom. The van der Waals surface area contributed by atoms with Gasteiger partial charge in [-0.1, -0.05) is 0 Å². The summed E-state index contributed by atoms with van der Waals surface area (Å²) in [6.07, 6.45) is 0.758. The largest absolute Gasteiger partial charge is 0.459 e. The average molecular weight is 332 g/mol. The molecule has 0 bridgehead atoms. The molecule has 0 saturated heterocycles. The van der Waals surface area contributed by atoms with E-state index in [9.17, 15) is 9.59 Å². The van der Waals surface area contributed by atoms with Crippen molar-refractivity contribution >= 4 is 27.8 Å². The van der Waals surface area contributed by atoms with Gasteiger partial charge in [-0.25, -0.2) is 0 Å². The normalized spacial score (nSPS) is 11.2. The highest BCUT2D eigenvalue weighted by Crippen LogP contribution is 2.15. The van der Waals surface area contributed by atoms with E-state index in [2.05, 4.69) is 21.2 Å². The van der Waals surface area contributed by atoms with Crippen LogP contribution >= 0.6 is 15.9 Å². The van der Waals surface area contributed by atoms with Crippen LogP contribution in [0.3, 0.4) is 0 Å². The lowest BCUT2D eigenvalue weighted by molar-refractivity contribution is -0.154. The Hall–Kier alpha value is -1.30. The van der Waals surface area contributed by atoms with E-state index in [0.29, 0.717) is 11.1 Å². The Labute approximate surface area is 120 Å². The standard InChI is InChI=1S/C13H18BrNO4/c1-13(2,3)19-12(17)8-15-11(16)7-5-9-4-6-10(14)18-9/h4,6H,5,7-8H2,1-3H3,(H,15,16). The molecule has 1 rings (SSSR count). The fraction of sp³-hybridized carbons (Fsp3) is 0.538. The fourth-order valence-corrected chi connectivity index (χ4v) is 1.70. The average Bonchev–Trinajstić information content (AvgIpc) is 2.67. The van der Waals surface area contributed by atoms with E-state index in [1.54, 1.807) is 32.9 Å². The van der Waals surface area contributed by atoms with Crippen LogP contribution in [0.15, 0.2) is 21.2 Å². The number of carbonyl (C=O) groups excluding carboxylic acids is 2. The number of amides is 1. The molecule has 19 heavy (non-hydrogen) atoms. The third-order valence-corrected chi connectivity index (χ3v) is 2.50. The molecule has 0 aliphatic carbocycles. The first-order valence-corrected chi connectivity index (χ1v) is 6.78. The molecule has 0 spiro atoms. The number of aryl methyl sites for hydroxylation is 1. The van der Waals surface area contributed by atoms with Gasteiger partial charge >= 0.3 is 5.97 Å². The van der Waals surface area contributed by atoms with E-state index in [0.717, 1.165) is 5.76 Å². The summed E-state index contributed by atoms with van der Waals surface area (Å²) in [5, 5.41) is 2.52. The molecular weight excluding hydrogens is 314 g/mol. The van der Waals surface area contributed by atoms with Gasteiger partial charge in [0, 0.05) is 12.8 Å². The van der Waals surface area contributed by atoms with Gasteiger partial charge in [-0.05, 0) is 48.8 Å². The van der Waals surface area contributed by atoms with Crippen molar-refractivity contribution < 1.29 is 18.7 Å². The topological polar surface area (TPSA) is 68.5 Å². The monoisotopic (exact) mass is 331 g/mol. The van der Waals surface area contributed by atoms with Crippen molar-refractivity contribution in [2.75, 3.05) is 6.54 Å². The van der Waals surface area contributed by atoms with E-state index in [1.807, 2.05) is 0 Å². The maximum atomic E-state index is 11.5. The summed E-state index contributed by atoms with van der Waals surface area (Å²) in [5.74, 6) is 0.0688. The second-order valence-electron chi connectivity index (χ2n) is 5.07. The van der Waals surface area contributed by atoms with Gasteiger partial charge in [-0.15, -0.1) is 0 Å². The van der Waals surface area contributed by atoms with Crippen molar-refractivity contribution in [2.24, 2.45) is 0 Å². The fourth-order valence-electron chi connectivity index (χ4n) is 1.36. The highest BCUT2D eigenvalue weighted by Gasteiger charge is 2.16. The third-order valence-electron chi connectivity index (χ3n) is 2.08. The van der Waals surface area contributed by atoms with Crippen LogP contribution in [-0.4, -0.2) is 24.0 Å². The summed E-state index contributed by atoms with van der Waals surface area (Å²) in [6, 6.07) is 3.57. The summed E-state index contributed by atoms with van der Waals surface area (Å²) in [7, 11) is 0. The molecule has 6 heteroatoms. The molecule has 1 heterocycles. The van der Waals surface area contributed by atoms with Crippen LogP contribution in [0.25, 0.3) is 0 Å². The molecule has 0 atom stereocenters. The van der Waals surface area contributed by atoms with Crippen LogP contribution in [0.5, 0.6) is 0 Å². The number of hydrogen-bond acceptors (Lipinski definition) is 4. The van der Waals surface area contributed by atoms with Crippen molar-refractivity contribution in [3.8, 4) is 0 Å². The summed E-state index contributed by atoms with van der Waals surface area (Å²) in [6.45, 7) is 5.22. The van der Waals surface area contributed by atoms with E-state index in [-0.39, 0.29) is 18.9 Å². The smallest absolute Gasteiger partial charge is 0.325 e. The lowest BCUT2D eigenvalue weighted by atomic mass is 10.2. The number of nitrogens with one attached hydrogen (secondary N) is 1. The van der Waals surface area contributed by atoms with Crippen molar-refractivity contribution in [3.63, 3.8) is 0 Å². The van der Waals surface area contributed by atoms with Gasteiger partial charge in [0.2, 0.25) is 5.91 Å². The molecule has 1 amide bonds. The number of halogens is 1. The van der Waals surface area contributed by atoms with Gasteiger partial charge in [-0.2, -0.15) is 0 Å². The highest BCUT2D eigenvalue weighted by molar-refractivity contribution is 9.10. The molecular formula is C13H18BrNO4. The molecule has 1 aromatic heterocycles. The highest BCUT2D eigenvalue weighted by atomic mass is 79.9. The number of carbonyl (C=O) groups is 2. The molecule has 0 fully saturated rings. The summed E-state index contributed by atoms with van der Waals surface area (Å²) in [4.78, 5) is 22.9. The first-order chi connectivity index (χ1) is 8.76. The Kier molecular flexibility index (Phi) is 5.60. The summed E-state index contributed by atoms with van der Waals surface area (Å²) < 4.78 is 11.0. The maximum Gasteiger partial charge on any atom is 0.325 e. The lowest BCUT2D eigenvalue weighted by Crippen LogP contribution is -2.34. The molecule has 0 aromatic carbocycles. The number of esters is 1. The Morgan fingerprint density at radius 1 is 1.37 bits per heavy atom. The lowest BCUT2D eigenvalue weighted by Gasteiger charge is -2.19. The summed E-state index contributed by atoms with van der Waals surface area (Å²) in [5.41, 5.74) is -0.539. The van der Waals surface area contributed by atoms with Crippen molar-refractivity contribution in [3.05, 3.63) is 22.6 Å². The maximum absolute atomic E-state index is 11.5. The number of rotatable bonds is 5. The molecule has 0 saturated carbocycles. The molecule has 1 N–H and O–H groups in total. The van der Waals surface area contributed by atoms with E-state index in [4.69, 9.17) is 9.15 Å². The molecule has 0 unspecified atom stereocenters. The van der Waals surface area contributed by atoms with Gasteiger partial charge in [0.15, 0.2) is 4.67 Å². The zero-order chi connectivity index (χ0) is 14.5. The first-order valence-electron chi connectivity index (χ1n) is 5.99. The molecule has 0 radical (unpaired) electrons. The first kappa shape index (κ1) is 15.8. The quantitative estimate of drug-likeness (QED) is 0.841. The SMILES string of the molecule is CC(C)(C)OC(=O)CNC(=O)CCc1ccc(Br)o1. The molecule has 1 aromatic rings. The minimum atomic E-state index is -0.539. The van der Waals surface area contributed by atoms with Crippen LogP contribution in [0.4, 0.5) is 0 Å². The predicted octanol–water partition coefficient (Wildman–Crippen LogP) is 2.43. The zero-order valence-electron chi connectivity index (χ0n) is 11.3. The van der Waals surface area contributed by atoms with E-state index >= 15 is 0 Å². The minimum Gasteiger partial charge on any atom is -0.459 e. The second-order valence-corrected chi connectivity index (χ2v) is 5.85. The zero-order valence-corrected chi connectivity index (χ0v) is 12.9. The second kappa shape index (κ2) is 6.75. The Balaban J connectivity index is 2.23. The van der Waals surface area contributed by atoms with Crippen LogP contribution in [0.1, 0.15) is 33.0 Å².